The Morgan fingerprint density at radius 2 is 2.04 bits per heavy atom. The number of H-pyrrole nitrogens is 1. The predicted molar refractivity (Wildman–Crippen MR) is 101 cm³/mol. The minimum Gasteiger partial charge on any atom is -0.326 e. The topological polar surface area (TPSA) is 78.1 Å². The summed E-state index contributed by atoms with van der Waals surface area (Å²) < 4.78 is 0. The second-order valence-electron chi connectivity index (χ2n) is 6.81. The Hall–Kier alpha value is -3.15. The van der Waals surface area contributed by atoms with Crippen LogP contribution in [0.1, 0.15) is 17.5 Å². The molecule has 1 aliphatic heterocycles. The number of aryl methyl sites for hydroxylation is 2. The highest BCUT2D eigenvalue weighted by atomic mass is 16.2. The van der Waals surface area contributed by atoms with Crippen molar-refractivity contribution in [3.63, 3.8) is 0 Å². The molecule has 1 atom stereocenters. The number of carbonyl (C=O) groups is 2. The van der Waals surface area contributed by atoms with E-state index in [1.165, 1.54) is 0 Å². The SMILES string of the molecule is Cc1ccc(NC(=O)[C@H]2CC(=O)N(c3n[nH]c4ccccc34)C2)c(C)c1. The van der Waals surface area contributed by atoms with E-state index < -0.39 is 5.92 Å². The van der Waals surface area contributed by atoms with E-state index in [4.69, 9.17) is 0 Å². The van der Waals surface area contributed by atoms with Crippen LogP contribution < -0.4 is 10.2 Å². The first-order valence-corrected chi connectivity index (χ1v) is 8.64. The fourth-order valence-corrected chi connectivity index (χ4v) is 3.43. The van der Waals surface area contributed by atoms with Gasteiger partial charge in [0.05, 0.1) is 11.4 Å². The molecular weight excluding hydrogens is 328 g/mol. The lowest BCUT2D eigenvalue weighted by Gasteiger charge is -2.15. The van der Waals surface area contributed by atoms with E-state index in [0.29, 0.717) is 12.4 Å². The largest absolute Gasteiger partial charge is 0.326 e. The molecule has 132 valence electrons. The molecule has 2 aromatic carbocycles. The summed E-state index contributed by atoms with van der Waals surface area (Å²) in [6.07, 6.45) is 0.192. The van der Waals surface area contributed by atoms with Gasteiger partial charge in [0.1, 0.15) is 0 Å². The maximum Gasteiger partial charge on any atom is 0.229 e. The maximum absolute atomic E-state index is 12.7. The summed E-state index contributed by atoms with van der Waals surface area (Å²) in [6.45, 7) is 4.31. The number of hydrogen-bond acceptors (Lipinski definition) is 3. The lowest BCUT2D eigenvalue weighted by atomic mass is 10.1. The van der Waals surface area contributed by atoms with Gasteiger partial charge in [-0.25, -0.2) is 0 Å². The van der Waals surface area contributed by atoms with Crippen LogP contribution in [0.3, 0.4) is 0 Å². The minimum absolute atomic E-state index is 0.0805. The van der Waals surface area contributed by atoms with Crippen LogP contribution in [-0.4, -0.2) is 28.6 Å². The Labute approximate surface area is 151 Å². The Kier molecular flexibility index (Phi) is 3.95. The van der Waals surface area contributed by atoms with Gasteiger partial charge in [0.25, 0.3) is 0 Å². The molecule has 0 radical (unpaired) electrons. The number of fused-ring (bicyclic) bond motifs is 1. The van der Waals surface area contributed by atoms with Crippen molar-refractivity contribution in [2.45, 2.75) is 20.3 Å². The number of amides is 2. The number of nitrogens with zero attached hydrogens (tertiary/aromatic N) is 2. The Bertz CT molecular complexity index is 1010. The van der Waals surface area contributed by atoms with E-state index in [9.17, 15) is 9.59 Å². The highest BCUT2D eigenvalue weighted by Gasteiger charge is 2.36. The summed E-state index contributed by atoms with van der Waals surface area (Å²) in [4.78, 5) is 26.7. The summed E-state index contributed by atoms with van der Waals surface area (Å²) >= 11 is 0. The fraction of sp³-hybridized carbons (Fsp3) is 0.250. The number of carbonyl (C=O) groups excluding carboxylic acids is 2. The molecule has 0 bridgehead atoms. The maximum atomic E-state index is 12.7. The Balaban J connectivity index is 1.53. The lowest BCUT2D eigenvalue weighted by molar-refractivity contribution is -0.122. The van der Waals surface area contributed by atoms with E-state index in [1.54, 1.807) is 4.90 Å². The molecule has 0 aliphatic carbocycles. The van der Waals surface area contributed by atoms with Gasteiger partial charge in [-0.3, -0.25) is 19.6 Å². The molecule has 3 aromatic rings. The Morgan fingerprint density at radius 3 is 2.85 bits per heavy atom. The molecule has 2 amide bonds. The van der Waals surface area contributed by atoms with Gasteiger partial charge in [0.2, 0.25) is 11.8 Å². The molecule has 0 unspecified atom stereocenters. The molecule has 1 fully saturated rings. The van der Waals surface area contributed by atoms with Crippen molar-refractivity contribution in [1.82, 2.24) is 10.2 Å². The van der Waals surface area contributed by atoms with Crippen molar-refractivity contribution in [3.8, 4) is 0 Å². The molecule has 0 spiro atoms. The number of aromatic nitrogens is 2. The van der Waals surface area contributed by atoms with Crippen LogP contribution in [-0.2, 0) is 9.59 Å². The van der Waals surface area contributed by atoms with Crippen LogP contribution in [0.25, 0.3) is 10.9 Å². The molecule has 26 heavy (non-hydrogen) atoms. The molecule has 0 saturated carbocycles. The number of rotatable bonds is 3. The first kappa shape index (κ1) is 16.3. The standard InChI is InChI=1S/C20H20N4O2/c1-12-7-8-16(13(2)9-12)21-20(26)14-10-18(25)24(11-14)19-15-5-3-4-6-17(15)22-23-19/h3-9,14H,10-11H2,1-2H3,(H,21,26)(H,22,23)/t14-/m0/s1. The summed E-state index contributed by atoms with van der Waals surface area (Å²) in [7, 11) is 0. The average Bonchev–Trinajstić information content (AvgIpc) is 3.20. The summed E-state index contributed by atoms with van der Waals surface area (Å²) in [6, 6.07) is 13.5. The predicted octanol–water partition coefficient (Wildman–Crippen LogP) is 3.17. The quantitative estimate of drug-likeness (QED) is 0.763. The first-order valence-electron chi connectivity index (χ1n) is 8.64. The van der Waals surface area contributed by atoms with Gasteiger partial charge in [-0.2, -0.15) is 5.10 Å². The molecule has 4 rings (SSSR count). The summed E-state index contributed by atoms with van der Waals surface area (Å²) in [5.74, 6) is -0.0123. The number of nitrogens with one attached hydrogen (secondary N) is 2. The summed E-state index contributed by atoms with van der Waals surface area (Å²) in [5, 5.41) is 11.1. The number of benzene rings is 2. The minimum atomic E-state index is -0.390. The van der Waals surface area contributed by atoms with Gasteiger partial charge in [-0.05, 0) is 37.6 Å². The number of hydrogen-bond donors (Lipinski definition) is 2. The number of para-hydroxylation sites is 1. The zero-order valence-electron chi connectivity index (χ0n) is 14.7. The van der Waals surface area contributed by atoms with E-state index in [2.05, 4.69) is 15.5 Å². The fourth-order valence-electron chi connectivity index (χ4n) is 3.43. The smallest absolute Gasteiger partial charge is 0.229 e. The first-order chi connectivity index (χ1) is 12.5. The zero-order chi connectivity index (χ0) is 18.3. The zero-order valence-corrected chi connectivity index (χ0v) is 14.7. The van der Waals surface area contributed by atoms with E-state index in [-0.39, 0.29) is 18.2 Å². The Morgan fingerprint density at radius 1 is 1.23 bits per heavy atom. The molecule has 1 aliphatic rings. The normalized spacial score (nSPS) is 17.1. The van der Waals surface area contributed by atoms with Crippen LogP contribution in [0.15, 0.2) is 42.5 Å². The van der Waals surface area contributed by atoms with Crippen molar-refractivity contribution < 1.29 is 9.59 Å². The third kappa shape index (κ3) is 2.83. The van der Waals surface area contributed by atoms with Crippen molar-refractivity contribution in [1.29, 1.82) is 0 Å². The van der Waals surface area contributed by atoms with Gasteiger partial charge in [0, 0.05) is 24.0 Å². The van der Waals surface area contributed by atoms with Gasteiger partial charge in [0.15, 0.2) is 5.82 Å². The third-order valence-electron chi connectivity index (χ3n) is 4.84. The van der Waals surface area contributed by atoms with Crippen LogP contribution in [0, 0.1) is 19.8 Å². The highest BCUT2D eigenvalue weighted by molar-refractivity contribution is 6.07. The van der Waals surface area contributed by atoms with Crippen molar-refractivity contribution in [3.05, 3.63) is 53.6 Å². The molecule has 6 heteroatoms. The van der Waals surface area contributed by atoms with Crippen LogP contribution >= 0.6 is 0 Å². The number of aromatic amines is 1. The molecule has 1 aromatic heterocycles. The van der Waals surface area contributed by atoms with E-state index in [0.717, 1.165) is 27.7 Å². The van der Waals surface area contributed by atoms with Crippen molar-refractivity contribution in [2.75, 3.05) is 16.8 Å². The molecular formula is C20H20N4O2. The van der Waals surface area contributed by atoms with Crippen LogP contribution in [0.4, 0.5) is 11.5 Å². The molecule has 1 saturated heterocycles. The van der Waals surface area contributed by atoms with Gasteiger partial charge >= 0.3 is 0 Å². The molecule has 2 heterocycles. The average molecular weight is 348 g/mol. The highest BCUT2D eigenvalue weighted by Crippen LogP contribution is 2.30. The summed E-state index contributed by atoms with van der Waals surface area (Å²) in [5.41, 5.74) is 3.82. The van der Waals surface area contributed by atoms with Crippen LogP contribution in [0.5, 0.6) is 0 Å². The monoisotopic (exact) mass is 348 g/mol. The lowest BCUT2D eigenvalue weighted by Crippen LogP contribution is -2.28. The van der Waals surface area contributed by atoms with Gasteiger partial charge in [-0.1, -0.05) is 29.8 Å². The number of anilines is 2. The molecule has 2 N–H and O–H groups in total. The molecule has 6 nitrogen and oxygen atoms in total. The van der Waals surface area contributed by atoms with Crippen LogP contribution in [0.2, 0.25) is 0 Å². The van der Waals surface area contributed by atoms with E-state index >= 15 is 0 Å². The van der Waals surface area contributed by atoms with E-state index in [1.807, 2.05) is 56.3 Å². The van der Waals surface area contributed by atoms with Gasteiger partial charge in [-0.15, -0.1) is 0 Å². The van der Waals surface area contributed by atoms with Gasteiger partial charge < -0.3 is 5.32 Å². The third-order valence-corrected chi connectivity index (χ3v) is 4.84. The second-order valence-corrected chi connectivity index (χ2v) is 6.81. The second kappa shape index (κ2) is 6.29. The van der Waals surface area contributed by atoms with Crippen molar-refractivity contribution >= 4 is 34.2 Å². The van der Waals surface area contributed by atoms with Crippen molar-refractivity contribution in [2.24, 2.45) is 5.92 Å².